The standard InChI is InChI=1S/C6H12O6/c7-2-1-3(8)4(9)5(10)6(11)12/h3-5,7-10H,1-2H2,(H,11,12)/t3-,4+,5+/m1/s1. The van der Waals surface area contributed by atoms with E-state index in [0.717, 1.165) is 0 Å². The van der Waals surface area contributed by atoms with E-state index in [0.29, 0.717) is 0 Å². The predicted molar refractivity (Wildman–Crippen MR) is 37.4 cm³/mol. The van der Waals surface area contributed by atoms with Crippen molar-refractivity contribution in [1.29, 1.82) is 0 Å². The van der Waals surface area contributed by atoms with Crippen molar-refractivity contribution < 1.29 is 30.3 Å². The van der Waals surface area contributed by atoms with Crippen LogP contribution in [0.2, 0.25) is 0 Å². The highest BCUT2D eigenvalue weighted by Gasteiger charge is 2.29. The van der Waals surface area contributed by atoms with Crippen molar-refractivity contribution in [3.63, 3.8) is 0 Å². The van der Waals surface area contributed by atoms with Crippen LogP contribution in [0.25, 0.3) is 0 Å². The van der Waals surface area contributed by atoms with Crippen molar-refractivity contribution in [3.8, 4) is 0 Å². The van der Waals surface area contributed by atoms with Crippen molar-refractivity contribution in [3.05, 3.63) is 0 Å². The van der Waals surface area contributed by atoms with Crippen LogP contribution < -0.4 is 0 Å². The van der Waals surface area contributed by atoms with Gasteiger partial charge < -0.3 is 25.5 Å². The highest BCUT2D eigenvalue weighted by molar-refractivity contribution is 5.72. The zero-order valence-corrected chi connectivity index (χ0v) is 6.29. The van der Waals surface area contributed by atoms with Gasteiger partial charge in [0, 0.05) is 6.61 Å². The van der Waals surface area contributed by atoms with Gasteiger partial charge in [0.1, 0.15) is 6.10 Å². The molecule has 0 amide bonds. The molecule has 3 atom stereocenters. The van der Waals surface area contributed by atoms with E-state index in [1.807, 2.05) is 0 Å². The van der Waals surface area contributed by atoms with E-state index >= 15 is 0 Å². The van der Waals surface area contributed by atoms with Crippen LogP contribution in [0.15, 0.2) is 0 Å². The first-order valence-electron chi connectivity index (χ1n) is 3.38. The van der Waals surface area contributed by atoms with Crippen LogP contribution in [0.1, 0.15) is 6.42 Å². The number of aliphatic carboxylic acids is 1. The summed E-state index contributed by atoms with van der Waals surface area (Å²) in [7, 11) is 0. The smallest absolute Gasteiger partial charge is 0.335 e. The third kappa shape index (κ3) is 3.14. The molecule has 0 rings (SSSR count). The summed E-state index contributed by atoms with van der Waals surface area (Å²) in [5.41, 5.74) is 0. The topological polar surface area (TPSA) is 118 Å². The molecule has 0 spiro atoms. The lowest BCUT2D eigenvalue weighted by molar-refractivity contribution is -0.158. The fraction of sp³-hybridized carbons (Fsp3) is 0.833. The highest BCUT2D eigenvalue weighted by Crippen LogP contribution is 2.03. The lowest BCUT2D eigenvalue weighted by Crippen LogP contribution is -2.42. The van der Waals surface area contributed by atoms with Gasteiger partial charge in [0.25, 0.3) is 0 Å². The second-order valence-corrected chi connectivity index (χ2v) is 2.35. The fourth-order valence-electron chi connectivity index (χ4n) is 0.660. The Kier molecular flexibility index (Phi) is 4.75. The molecule has 0 saturated carbocycles. The molecule has 0 aliphatic rings. The molecule has 6 nitrogen and oxygen atoms in total. The number of hydrogen-bond donors (Lipinski definition) is 5. The number of carbonyl (C=O) groups is 1. The molecular weight excluding hydrogens is 168 g/mol. The van der Waals surface area contributed by atoms with E-state index < -0.39 is 24.3 Å². The summed E-state index contributed by atoms with van der Waals surface area (Å²) in [6.45, 7) is -0.384. The molecule has 0 aliphatic carbocycles. The second-order valence-electron chi connectivity index (χ2n) is 2.35. The van der Waals surface area contributed by atoms with Crippen molar-refractivity contribution in [2.75, 3.05) is 6.61 Å². The number of carboxylic acids is 1. The van der Waals surface area contributed by atoms with Crippen LogP contribution in [-0.2, 0) is 4.79 Å². The van der Waals surface area contributed by atoms with Gasteiger partial charge in [0.2, 0.25) is 0 Å². The zero-order valence-electron chi connectivity index (χ0n) is 6.29. The Morgan fingerprint density at radius 3 is 2.08 bits per heavy atom. The van der Waals surface area contributed by atoms with Crippen LogP contribution in [0, 0.1) is 0 Å². The van der Waals surface area contributed by atoms with Crippen LogP contribution in [0.5, 0.6) is 0 Å². The monoisotopic (exact) mass is 180 g/mol. The molecular formula is C6H12O6. The van der Waals surface area contributed by atoms with Gasteiger partial charge in [-0.1, -0.05) is 0 Å². The van der Waals surface area contributed by atoms with Gasteiger partial charge in [0.05, 0.1) is 6.10 Å². The summed E-state index contributed by atoms with van der Waals surface area (Å²) < 4.78 is 0. The minimum Gasteiger partial charge on any atom is -0.479 e. The van der Waals surface area contributed by atoms with Crippen molar-refractivity contribution >= 4 is 5.97 Å². The highest BCUT2D eigenvalue weighted by atomic mass is 16.4. The maximum Gasteiger partial charge on any atom is 0.335 e. The Balaban J connectivity index is 3.99. The average Bonchev–Trinajstić information content (AvgIpc) is 2.02. The molecule has 0 fully saturated rings. The van der Waals surface area contributed by atoms with Crippen LogP contribution in [0.3, 0.4) is 0 Å². The number of aliphatic hydroxyl groups excluding tert-OH is 4. The Hall–Kier alpha value is -0.690. The first kappa shape index (κ1) is 11.3. The largest absolute Gasteiger partial charge is 0.479 e. The maximum atomic E-state index is 10.1. The molecule has 0 unspecified atom stereocenters. The van der Waals surface area contributed by atoms with Gasteiger partial charge >= 0.3 is 5.97 Å². The first-order valence-corrected chi connectivity index (χ1v) is 3.38. The predicted octanol–water partition coefficient (Wildman–Crippen LogP) is -2.46. The van der Waals surface area contributed by atoms with Gasteiger partial charge in [-0.2, -0.15) is 0 Å². The minimum absolute atomic E-state index is 0.175. The Bertz CT molecular complexity index is 147. The molecule has 5 N–H and O–H groups in total. The molecule has 0 bridgehead atoms. The molecule has 0 saturated heterocycles. The molecule has 0 heterocycles. The quantitative estimate of drug-likeness (QED) is 0.320. The number of carboxylic acid groups (broad SMARTS) is 1. The normalized spacial score (nSPS) is 18.3. The Morgan fingerprint density at radius 1 is 1.25 bits per heavy atom. The zero-order chi connectivity index (χ0) is 9.72. The molecule has 12 heavy (non-hydrogen) atoms. The molecule has 0 aromatic rings. The van der Waals surface area contributed by atoms with Crippen LogP contribution in [-0.4, -0.2) is 56.4 Å². The van der Waals surface area contributed by atoms with E-state index in [1.165, 1.54) is 0 Å². The van der Waals surface area contributed by atoms with E-state index in [1.54, 1.807) is 0 Å². The van der Waals surface area contributed by atoms with Gasteiger partial charge in [-0.25, -0.2) is 4.79 Å². The third-order valence-corrected chi connectivity index (χ3v) is 1.40. The van der Waals surface area contributed by atoms with Gasteiger partial charge in [0.15, 0.2) is 6.10 Å². The van der Waals surface area contributed by atoms with Crippen molar-refractivity contribution in [2.24, 2.45) is 0 Å². The first-order chi connectivity index (χ1) is 5.50. The van der Waals surface area contributed by atoms with Gasteiger partial charge in [-0.05, 0) is 6.42 Å². The summed E-state index contributed by atoms with van der Waals surface area (Å²) in [6.07, 6.45) is -5.40. The van der Waals surface area contributed by atoms with Crippen molar-refractivity contribution in [1.82, 2.24) is 0 Å². The summed E-state index contributed by atoms with van der Waals surface area (Å²) in [6, 6.07) is 0. The van der Waals surface area contributed by atoms with E-state index in [9.17, 15) is 4.79 Å². The van der Waals surface area contributed by atoms with Crippen LogP contribution >= 0.6 is 0 Å². The number of rotatable bonds is 5. The van der Waals surface area contributed by atoms with E-state index in [4.69, 9.17) is 25.5 Å². The van der Waals surface area contributed by atoms with Crippen LogP contribution in [0.4, 0.5) is 0 Å². The summed E-state index contributed by atoms with van der Waals surface area (Å²) in [5, 5.41) is 43.0. The lowest BCUT2D eigenvalue weighted by Gasteiger charge is -2.18. The molecule has 0 aromatic heterocycles. The molecule has 0 aliphatic heterocycles. The van der Waals surface area contributed by atoms with Crippen molar-refractivity contribution in [2.45, 2.75) is 24.7 Å². The molecule has 72 valence electrons. The summed E-state index contributed by atoms with van der Waals surface area (Å²) in [5.74, 6) is -1.61. The van der Waals surface area contributed by atoms with Gasteiger partial charge in [-0.15, -0.1) is 0 Å². The maximum absolute atomic E-state index is 10.1. The minimum atomic E-state index is -2.02. The van der Waals surface area contributed by atoms with Gasteiger partial charge in [-0.3, -0.25) is 0 Å². The molecule has 0 radical (unpaired) electrons. The molecule has 6 heteroatoms. The summed E-state index contributed by atoms with van der Waals surface area (Å²) in [4.78, 5) is 10.1. The number of aliphatic hydroxyl groups is 4. The third-order valence-electron chi connectivity index (χ3n) is 1.40. The fourth-order valence-corrected chi connectivity index (χ4v) is 0.660. The number of hydrogen-bond acceptors (Lipinski definition) is 5. The Morgan fingerprint density at radius 2 is 1.75 bits per heavy atom. The second kappa shape index (κ2) is 5.04. The van der Waals surface area contributed by atoms with E-state index in [-0.39, 0.29) is 13.0 Å². The average molecular weight is 180 g/mol. The molecule has 0 aromatic carbocycles. The SMILES string of the molecule is O=C(O)[C@@H](O)[C@@H](O)[C@H](O)CCO. The lowest BCUT2D eigenvalue weighted by atomic mass is 10.1. The Labute approximate surface area is 68.7 Å². The summed E-state index contributed by atoms with van der Waals surface area (Å²) >= 11 is 0. The van der Waals surface area contributed by atoms with E-state index in [2.05, 4.69) is 0 Å².